The first-order valence-electron chi connectivity index (χ1n) is 7.32. The van der Waals surface area contributed by atoms with Crippen molar-refractivity contribution in [2.24, 2.45) is 0 Å². The third kappa shape index (κ3) is 3.12. The average Bonchev–Trinajstić information content (AvgIpc) is 3.21. The van der Waals surface area contributed by atoms with E-state index >= 15 is 0 Å². The van der Waals surface area contributed by atoms with Gasteiger partial charge in [0.15, 0.2) is 0 Å². The van der Waals surface area contributed by atoms with Crippen LogP contribution in [-0.2, 0) is 6.54 Å². The molecule has 1 aromatic rings. The SMILES string of the molecule is CN1CCCC(NCc2ccc(C3CC3)cc2)C1. The molecular formula is C16H24N2. The number of piperidine rings is 1. The zero-order valence-corrected chi connectivity index (χ0v) is 11.4. The molecule has 1 atom stereocenters. The summed E-state index contributed by atoms with van der Waals surface area (Å²) in [5.41, 5.74) is 2.96. The normalized spacial score (nSPS) is 25.3. The van der Waals surface area contributed by atoms with Crippen molar-refractivity contribution in [1.82, 2.24) is 10.2 Å². The second kappa shape index (κ2) is 5.41. The Morgan fingerprint density at radius 1 is 1.17 bits per heavy atom. The van der Waals surface area contributed by atoms with Gasteiger partial charge < -0.3 is 10.2 Å². The summed E-state index contributed by atoms with van der Waals surface area (Å²) in [5.74, 6) is 0.874. The van der Waals surface area contributed by atoms with Gasteiger partial charge in [-0.05, 0) is 56.3 Å². The van der Waals surface area contributed by atoms with Crippen molar-refractivity contribution in [1.29, 1.82) is 0 Å². The van der Waals surface area contributed by atoms with Gasteiger partial charge >= 0.3 is 0 Å². The third-order valence-corrected chi connectivity index (χ3v) is 4.25. The van der Waals surface area contributed by atoms with E-state index in [0.29, 0.717) is 6.04 Å². The van der Waals surface area contributed by atoms with Gasteiger partial charge in [-0.15, -0.1) is 0 Å². The highest BCUT2D eigenvalue weighted by Crippen LogP contribution is 2.39. The predicted octanol–water partition coefficient (Wildman–Crippen LogP) is 2.75. The highest BCUT2D eigenvalue weighted by molar-refractivity contribution is 5.28. The number of benzene rings is 1. The Bertz CT molecular complexity index is 381. The highest BCUT2D eigenvalue weighted by Gasteiger charge is 2.23. The lowest BCUT2D eigenvalue weighted by molar-refractivity contribution is 0.226. The Balaban J connectivity index is 1.49. The van der Waals surface area contributed by atoms with Crippen LogP contribution < -0.4 is 5.32 Å². The largest absolute Gasteiger partial charge is 0.309 e. The van der Waals surface area contributed by atoms with Gasteiger partial charge in [0.25, 0.3) is 0 Å². The quantitative estimate of drug-likeness (QED) is 0.876. The molecule has 18 heavy (non-hydrogen) atoms. The van der Waals surface area contributed by atoms with Crippen LogP contribution in [0.5, 0.6) is 0 Å². The molecule has 1 saturated heterocycles. The zero-order valence-electron chi connectivity index (χ0n) is 11.4. The minimum atomic E-state index is 0.673. The topological polar surface area (TPSA) is 15.3 Å². The minimum Gasteiger partial charge on any atom is -0.309 e. The number of hydrogen-bond acceptors (Lipinski definition) is 2. The van der Waals surface area contributed by atoms with Crippen molar-refractivity contribution in [3.8, 4) is 0 Å². The smallest absolute Gasteiger partial charge is 0.0208 e. The molecule has 1 N–H and O–H groups in total. The Labute approximate surface area is 110 Å². The second-order valence-electron chi connectivity index (χ2n) is 6.00. The van der Waals surface area contributed by atoms with E-state index < -0.39 is 0 Å². The molecule has 0 radical (unpaired) electrons. The summed E-state index contributed by atoms with van der Waals surface area (Å²) >= 11 is 0. The lowest BCUT2D eigenvalue weighted by atomic mass is 10.0. The van der Waals surface area contributed by atoms with Crippen LogP contribution in [0.1, 0.15) is 42.7 Å². The first-order valence-corrected chi connectivity index (χ1v) is 7.32. The fourth-order valence-electron chi connectivity index (χ4n) is 2.92. The van der Waals surface area contributed by atoms with E-state index in [1.807, 2.05) is 0 Å². The Hall–Kier alpha value is -0.860. The summed E-state index contributed by atoms with van der Waals surface area (Å²) in [7, 11) is 2.22. The molecule has 1 aromatic carbocycles. The summed E-state index contributed by atoms with van der Waals surface area (Å²) in [5, 5.41) is 3.69. The molecule has 1 aliphatic carbocycles. The summed E-state index contributed by atoms with van der Waals surface area (Å²) in [6, 6.07) is 9.91. The molecular weight excluding hydrogens is 220 g/mol. The summed E-state index contributed by atoms with van der Waals surface area (Å²) in [4.78, 5) is 2.43. The van der Waals surface area contributed by atoms with Crippen molar-refractivity contribution >= 4 is 0 Å². The molecule has 1 aliphatic heterocycles. The van der Waals surface area contributed by atoms with Crippen molar-refractivity contribution < 1.29 is 0 Å². The molecule has 2 fully saturated rings. The van der Waals surface area contributed by atoms with Gasteiger partial charge in [0.1, 0.15) is 0 Å². The predicted molar refractivity (Wildman–Crippen MR) is 75.8 cm³/mol. The molecule has 98 valence electrons. The molecule has 0 amide bonds. The summed E-state index contributed by atoms with van der Waals surface area (Å²) in [6.45, 7) is 3.47. The van der Waals surface area contributed by atoms with Crippen molar-refractivity contribution in [3.05, 3.63) is 35.4 Å². The first kappa shape index (κ1) is 12.2. The van der Waals surface area contributed by atoms with E-state index in [4.69, 9.17) is 0 Å². The second-order valence-corrected chi connectivity index (χ2v) is 6.00. The molecule has 0 spiro atoms. The fourth-order valence-corrected chi connectivity index (χ4v) is 2.92. The van der Waals surface area contributed by atoms with Crippen LogP contribution in [-0.4, -0.2) is 31.1 Å². The molecule has 1 heterocycles. The highest BCUT2D eigenvalue weighted by atomic mass is 15.1. The molecule has 1 saturated carbocycles. The van der Waals surface area contributed by atoms with Crippen LogP contribution in [0, 0.1) is 0 Å². The fraction of sp³-hybridized carbons (Fsp3) is 0.625. The molecule has 0 bridgehead atoms. The summed E-state index contributed by atoms with van der Waals surface area (Å²) < 4.78 is 0. The van der Waals surface area contributed by atoms with Crippen LogP contribution in [0.15, 0.2) is 24.3 Å². The third-order valence-electron chi connectivity index (χ3n) is 4.25. The van der Waals surface area contributed by atoms with E-state index in [9.17, 15) is 0 Å². The maximum Gasteiger partial charge on any atom is 0.0208 e. The van der Waals surface area contributed by atoms with Crippen LogP contribution >= 0.6 is 0 Å². The molecule has 0 aromatic heterocycles. The number of likely N-dealkylation sites (tertiary alicyclic amines) is 1. The number of likely N-dealkylation sites (N-methyl/N-ethyl adjacent to an activating group) is 1. The molecule has 2 aliphatic rings. The Kier molecular flexibility index (Phi) is 3.67. The number of nitrogens with zero attached hydrogens (tertiary/aromatic N) is 1. The van der Waals surface area contributed by atoms with Crippen molar-refractivity contribution in [2.45, 2.75) is 44.2 Å². The minimum absolute atomic E-state index is 0.673. The first-order chi connectivity index (χ1) is 8.81. The van der Waals surface area contributed by atoms with Gasteiger partial charge in [0.2, 0.25) is 0 Å². The molecule has 2 nitrogen and oxygen atoms in total. The van der Waals surface area contributed by atoms with Crippen LogP contribution in [0.25, 0.3) is 0 Å². The number of nitrogens with one attached hydrogen (secondary N) is 1. The van der Waals surface area contributed by atoms with Crippen LogP contribution in [0.4, 0.5) is 0 Å². The van der Waals surface area contributed by atoms with Gasteiger partial charge in [0.05, 0.1) is 0 Å². The Morgan fingerprint density at radius 2 is 1.94 bits per heavy atom. The Morgan fingerprint density at radius 3 is 2.61 bits per heavy atom. The number of hydrogen-bond donors (Lipinski definition) is 1. The molecule has 1 unspecified atom stereocenters. The summed E-state index contributed by atoms with van der Waals surface area (Å²) in [6.07, 6.45) is 5.44. The van der Waals surface area contributed by atoms with Crippen molar-refractivity contribution in [2.75, 3.05) is 20.1 Å². The van der Waals surface area contributed by atoms with Crippen LogP contribution in [0.3, 0.4) is 0 Å². The van der Waals surface area contributed by atoms with Crippen LogP contribution in [0.2, 0.25) is 0 Å². The van der Waals surface area contributed by atoms with E-state index in [-0.39, 0.29) is 0 Å². The lowest BCUT2D eigenvalue weighted by Crippen LogP contribution is -2.43. The van der Waals surface area contributed by atoms with E-state index in [2.05, 4.69) is 41.5 Å². The molecule has 2 heteroatoms. The van der Waals surface area contributed by atoms with Crippen molar-refractivity contribution in [3.63, 3.8) is 0 Å². The maximum atomic E-state index is 3.69. The average molecular weight is 244 g/mol. The molecule has 3 rings (SSSR count). The van der Waals surface area contributed by atoms with Gasteiger partial charge in [-0.1, -0.05) is 24.3 Å². The van der Waals surface area contributed by atoms with E-state index in [1.165, 1.54) is 49.9 Å². The monoisotopic (exact) mass is 244 g/mol. The lowest BCUT2D eigenvalue weighted by Gasteiger charge is -2.30. The van der Waals surface area contributed by atoms with Gasteiger partial charge in [-0.3, -0.25) is 0 Å². The van der Waals surface area contributed by atoms with Gasteiger partial charge in [-0.2, -0.15) is 0 Å². The zero-order chi connectivity index (χ0) is 12.4. The standard InChI is InChI=1S/C16H24N2/c1-18-10-2-3-16(12-18)17-11-13-4-6-14(7-5-13)15-8-9-15/h4-7,15-17H,2-3,8-12H2,1H3. The van der Waals surface area contributed by atoms with E-state index in [1.54, 1.807) is 0 Å². The maximum absolute atomic E-state index is 3.69. The van der Waals surface area contributed by atoms with Gasteiger partial charge in [-0.25, -0.2) is 0 Å². The number of rotatable bonds is 4. The van der Waals surface area contributed by atoms with Gasteiger partial charge in [0, 0.05) is 19.1 Å². The van der Waals surface area contributed by atoms with E-state index in [0.717, 1.165) is 12.5 Å².